The summed E-state index contributed by atoms with van der Waals surface area (Å²) in [6.07, 6.45) is 1.39. The van der Waals surface area contributed by atoms with Crippen molar-refractivity contribution in [3.05, 3.63) is 0 Å². The predicted octanol–water partition coefficient (Wildman–Crippen LogP) is -0.0806. The Morgan fingerprint density at radius 3 is 2.08 bits per heavy atom. The van der Waals surface area contributed by atoms with E-state index in [1.165, 1.54) is 24.3 Å². The Kier molecular flexibility index (Phi) is 3.14. The summed E-state index contributed by atoms with van der Waals surface area (Å²) >= 11 is 2.01. The molecule has 4 heteroatoms. The zero-order chi connectivity index (χ0) is 9.26. The summed E-state index contributed by atoms with van der Waals surface area (Å²) in [4.78, 5) is 2.25. The molecule has 0 amide bonds. The summed E-state index contributed by atoms with van der Waals surface area (Å²) in [5.74, 6) is 2.46. The fraction of sp³-hybridized carbons (Fsp3) is 1.00. The monoisotopic (exact) mass is 203 g/mol. The lowest BCUT2D eigenvalue weighted by atomic mass is 10.1. The van der Waals surface area contributed by atoms with E-state index in [1.54, 1.807) is 0 Å². The SMILES string of the molecule is O[C@@H]1CN(C2CCSCC2)C[C@@H]1O. The van der Waals surface area contributed by atoms with Gasteiger partial charge in [0.25, 0.3) is 0 Å². The van der Waals surface area contributed by atoms with Crippen LogP contribution in [0.4, 0.5) is 0 Å². The van der Waals surface area contributed by atoms with E-state index >= 15 is 0 Å². The van der Waals surface area contributed by atoms with Gasteiger partial charge in [0.05, 0.1) is 12.2 Å². The minimum absolute atomic E-state index is 0.519. The molecule has 13 heavy (non-hydrogen) atoms. The average Bonchev–Trinajstić information content (AvgIpc) is 2.49. The molecule has 2 aliphatic rings. The maximum Gasteiger partial charge on any atom is 0.0938 e. The van der Waals surface area contributed by atoms with Gasteiger partial charge in [0.1, 0.15) is 0 Å². The Balaban J connectivity index is 1.87. The van der Waals surface area contributed by atoms with Crippen LogP contribution in [0.3, 0.4) is 0 Å². The molecule has 76 valence electrons. The third kappa shape index (κ3) is 2.18. The molecular formula is C9H17NO2S. The number of β-amino-alcohol motifs (C(OH)–C–C–N with tert-alkyl or cyclic N) is 2. The molecule has 2 N–H and O–H groups in total. The van der Waals surface area contributed by atoms with Gasteiger partial charge in [0.2, 0.25) is 0 Å². The molecular weight excluding hydrogens is 186 g/mol. The van der Waals surface area contributed by atoms with Crippen LogP contribution in [0.2, 0.25) is 0 Å². The quantitative estimate of drug-likeness (QED) is 0.625. The van der Waals surface area contributed by atoms with E-state index in [0.29, 0.717) is 19.1 Å². The van der Waals surface area contributed by atoms with Gasteiger partial charge in [-0.15, -0.1) is 0 Å². The molecule has 0 saturated carbocycles. The fourth-order valence-electron chi connectivity index (χ4n) is 2.15. The minimum atomic E-state index is -0.519. The van der Waals surface area contributed by atoms with Gasteiger partial charge < -0.3 is 10.2 Å². The van der Waals surface area contributed by atoms with Crippen molar-refractivity contribution in [1.29, 1.82) is 0 Å². The summed E-state index contributed by atoms with van der Waals surface area (Å²) in [5.41, 5.74) is 0. The van der Waals surface area contributed by atoms with Crippen LogP contribution >= 0.6 is 11.8 Å². The first-order valence-electron chi connectivity index (χ1n) is 4.95. The summed E-state index contributed by atoms with van der Waals surface area (Å²) in [7, 11) is 0. The van der Waals surface area contributed by atoms with E-state index in [4.69, 9.17) is 0 Å². The van der Waals surface area contributed by atoms with E-state index in [0.717, 1.165) is 0 Å². The summed E-state index contributed by atoms with van der Waals surface area (Å²) in [6, 6.07) is 0.605. The average molecular weight is 203 g/mol. The van der Waals surface area contributed by atoms with Crippen molar-refractivity contribution in [3.8, 4) is 0 Å². The third-order valence-corrected chi connectivity index (χ3v) is 4.04. The summed E-state index contributed by atoms with van der Waals surface area (Å²) in [6.45, 7) is 1.33. The van der Waals surface area contributed by atoms with E-state index < -0.39 is 12.2 Å². The number of aliphatic hydroxyl groups excluding tert-OH is 2. The lowest BCUT2D eigenvalue weighted by Gasteiger charge is -2.30. The molecule has 2 atom stereocenters. The second-order valence-corrected chi connectivity index (χ2v) is 5.16. The normalized spacial score (nSPS) is 38.3. The van der Waals surface area contributed by atoms with Gasteiger partial charge in [-0.25, -0.2) is 0 Å². The Bertz CT molecular complexity index is 163. The van der Waals surface area contributed by atoms with Crippen LogP contribution in [0.15, 0.2) is 0 Å². The summed E-state index contributed by atoms with van der Waals surface area (Å²) in [5, 5.41) is 18.8. The molecule has 0 aromatic rings. The number of hydrogen-bond acceptors (Lipinski definition) is 4. The van der Waals surface area contributed by atoms with Crippen molar-refractivity contribution < 1.29 is 10.2 Å². The molecule has 0 aromatic carbocycles. The topological polar surface area (TPSA) is 43.7 Å². The van der Waals surface area contributed by atoms with Crippen molar-refractivity contribution in [3.63, 3.8) is 0 Å². The second-order valence-electron chi connectivity index (χ2n) is 3.93. The molecule has 2 aliphatic heterocycles. The zero-order valence-corrected chi connectivity index (χ0v) is 8.54. The van der Waals surface area contributed by atoms with E-state index in [9.17, 15) is 10.2 Å². The molecule has 3 nitrogen and oxygen atoms in total. The molecule has 2 rings (SSSR count). The fourth-order valence-corrected chi connectivity index (χ4v) is 3.23. The van der Waals surface area contributed by atoms with Gasteiger partial charge in [-0.1, -0.05) is 0 Å². The smallest absolute Gasteiger partial charge is 0.0938 e. The molecule has 0 aromatic heterocycles. The number of nitrogens with zero attached hydrogens (tertiary/aromatic N) is 1. The van der Waals surface area contributed by atoms with Crippen LogP contribution in [-0.4, -0.2) is 58.0 Å². The Morgan fingerprint density at radius 2 is 1.54 bits per heavy atom. The van der Waals surface area contributed by atoms with Crippen molar-refractivity contribution in [2.75, 3.05) is 24.6 Å². The van der Waals surface area contributed by atoms with Crippen LogP contribution in [0.5, 0.6) is 0 Å². The van der Waals surface area contributed by atoms with Crippen molar-refractivity contribution in [1.82, 2.24) is 4.90 Å². The van der Waals surface area contributed by atoms with Gasteiger partial charge in [0.15, 0.2) is 0 Å². The zero-order valence-electron chi connectivity index (χ0n) is 7.72. The Morgan fingerprint density at radius 1 is 1.00 bits per heavy atom. The highest BCUT2D eigenvalue weighted by atomic mass is 32.2. The number of thioether (sulfide) groups is 1. The van der Waals surface area contributed by atoms with Crippen molar-refractivity contribution in [2.24, 2.45) is 0 Å². The number of likely N-dealkylation sites (tertiary alicyclic amines) is 1. The predicted molar refractivity (Wildman–Crippen MR) is 53.9 cm³/mol. The highest BCUT2D eigenvalue weighted by molar-refractivity contribution is 7.99. The van der Waals surface area contributed by atoms with E-state index in [2.05, 4.69) is 4.90 Å². The van der Waals surface area contributed by atoms with Gasteiger partial charge in [-0.2, -0.15) is 11.8 Å². The van der Waals surface area contributed by atoms with Gasteiger partial charge in [-0.05, 0) is 24.3 Å². The highest BCUT2D eigenvalue weighted by Crippen LogP contribution is 2.24. The first kappa shape index (κ1) is 9.77. The van der Waals surface area contributed by atoms with Crippen molar-refractivity contribution in [2.45, 2.75) is 31.1 Å². The molecule has 2 heterocycles. The standard InChI is InChI=1S/C9H17NO2S/c11-8-5-10(6-9(8)12)7-1-3-13-4-2-7/h7-9,11-12H,1-6H2/t8-,9+. The Hall–Kier alpha value is 0.230. The first-order valence-corrected chi connectivity index (χ1v) is 6.11. The highest BCUT2D eigenvalue weighted by Gasteiger charge is 2.34. The molecule has 0 bridgehead atoms. The number of hydrogen-bond donors (Lipinski definition) is 2. The molecule has 0 aliphatic carbocycles. The molecule has 0 unspecified atom stereocenters. The van der Waals surface area contributed by atoms with Crippen LogP contribution in [0.1, 0.15) is 12.8 Å². The third-order valence-electron chi connectivity index (χ3n) is 2.99. The Labute approximate surface area is 83.1 Å². The number of rotatable bonds is 1. The van der Waals surface area contributed by atoms with E-state index in [1.807, 2.05) is 11.8 Å². The van der Waals surface area contributed by atoms with Crippen LogP contribution < -0.4 is 0 Å². The van der Waals surface area contributed by atoms with Gasteiger partial charge in [0, 0.05) is 19.1 Å². The lowest BCUT2D eigenvalue weighted by Crippen LogP contribution is -2.36. The van der Waals surface area contributed by atoms with Crippen LogP contribution in [-0.2, 0) is 0 Å². The lowest BCUT2D eigenvalue weighted by molar-refractivity contribution is 0.0572. The van der Waals surface area contributed by atoms with Gasteiger partial charge >= 0.3 is 0 Å². The molecule has 2 fully saturated rings. The van der Waals surface area contributed by atoms with Crippen LogP contribution in [0.25, 0.3) is 0 Å². The minimum Gasteiger partial charge on any atom is -0.389 e. The molecule has 0 radical (unpaired) electrons. The first-order chi connectivity index (χ1) is 6.27. The van der Waals surface area contributed by atoms with E-state index in [-0.39, 0.29) is 0 Å². The van der Waals surface area contributed by atoms with Gasteiger partial charge in [-0.3, -0.25) is 4.90 Å². The largest absolute Gasteiger partial charge is 0.389 e. The maximum atomic E-state index is 9.40. The molecule has 0 spiro atoms. The summed E-state index contributed by atoms with van der Waals surface area (Å²) < 4.78 is 0. The van der Waals surface area contributed by atoms with Crippen LogP contribution in [0, 0.1) is 0 Å². The molecule has 2 saturated heterocycles. The second kappa shape index (κ2) is 4.17. The maximum absolute atomic E-state index is 9.40. The number of aliphatic hydroxyl groups is 2. The van der Waals surface area contributed by atoms with Crippen molar-refractivity contribution >= 4 is 11.8 Å².